The Morgan fingerprint density at radius 1 is 0.953 bits per heavy atom. The van der Waals surface area contributed by atoms with Crippen LogP contribution in [0.1, 0.15) is 68.9 Å². The van der Waals surface area contributed by atoms with E-state index < -0.39 is 17.2 Å². The van der Waals surface area contributed by atoms with Gasteiger partial charge in [-0.1, -0.05) is 82.1 Å². The van der Waals surface area contributed by atoms with Crippen LogP contribution in [0.4, 0.5) is 11.4 Å². The van der Waals surface area contributed by atoms with E-state index in [-0.39, 0.29) is 40.0 Å². The second-order valence-electron chi connectivity index (χ2n) is 11.7. The molecule has 1 unspecified atom stereocenters. The Morgan fingerprint density at radius 3 is 2.12 bits per heavy atom. The molecule has 0 spiro atoms. The first kappa shape index (κ1) is 33.9. The molecule has 0 radical (unpaired) electrons. The third-order valence-corrected chi connectivity index (χ3v) is 7.37. The number of carbonyl (C=O) groups is 3. The van der Waals surface area contributed by atoms with Gasteiger partial charge in [-0.2, -0.15) is 0 Å². The average molecular weight is 628 g/mol. The minimum atomic E-state index is -0.641. The molecule has 0 aliphatic heterocycles. The van der Waals surface area contributed by atoms with Gasteiger partial charge in [0.15, 0.2) is 0 Å². The highest BCUT2D eigenvalue weighted by Gasteiger charge is 2.32. The molecule has 3 aromatic carbocycles. The van der Waals surface area contributed by atoms with Gasteiger partial charge in [0.1, 0.15) is 5.75 Å². The molecule has 1 atom stereocenters. The second kappa shape index (κ2) is 14.8. The monoisotopic (exact) mass is 626 g/mol. The van der Waals surface area contributed by atoms with Crippen LogP contribution in [0.15, 0.2) is 60.7 Å². The molecule has 0 bridgehead atoms. The molecular weight excluding hydrogens is 587 g/mol. The van der Waals surface area contributed by atoms with E-state index in [0.29, 0.717) is 35.7 Å². The summed E-state index contributed by atoms with van der Waals surface area (Å²) in [5, 5.41) is 3.33. The highest BCUT2D eigenvalue weighted by Crippen LogP contribution is 2.36. The van der Waals surface area contributed by atoms with Crippen molar-refractivity contribution in [3.63, 3.8) is 0 Å². The van der Waals surface area contributed by atoms with Gasteiger partial charge in [-0.3, -0.25) is 14.4 Å². The summed E-state index contributed by atoms with van der Waals surface area (Å²) < 4.78 is 11.1. The molecule has 9 heteroatoms. The summed E-state index contributed by atoms with van der Waals surface area (Å²) in [6, 6.07) is 17.6. The summed E-state index contributed by atoms with van der Waals surface area (Å²) in [5.41, 5.74) is 2.30. The SMILES string of the molecule is CCOC(=O)C(Cc1ccc(NC(=O)c2c(Cl)cccc2Cl)cc1)c1ccc(OC)c(N(CC(C)C)C(=O)C(C)(C)C)c1. The molecule has 0 saturated carbocycles. The Morgan fingerprint density at radius 2 is 1.58 bits per heavy atom. The molecule has 43 heavy (non-hydrogen) atoms. The van der Waals surface area contributed by atoms with E-state index in [1.165, 1.54) is 0 Å². The lowest BCUT2D eigenvalue weighted by molar-refractivity contribution is -0.145. The molecule has 0 fully saturated rings. The Balaban J connectivity index is 1.94. The van der Waals surface area contributed by atoms with Gasteiger partial charge < -0.3 is 19.7 Å². The van der Waals surface area contributed by atoms with Crippen molar-refractivity contribution < 1.29 is 23.9 Å². The van der Waals surface area contributed by atoms with Crippen molar-refractivity contribution in [2.24, 2.45) is 11.3 Å². The van der Waals surface area contributed by atoms with Crippen LogP contribution in [-0.2, 0) is 20.7 Å². The van der Waals surface area contributed by atoms with Crippen LogP contribution in [0.2, 0.25) is 10.0 Å². The third kappa shape index (κ3) is 8.74. The van der Waals surface area contributed by atoms with Gasteiger partial charge >= 0.3 is 5.97 Å². The molecule has 230 valence electrons. The molecule has 0 aromatic heterocycles. The highest BCUT2D eigenvalue weighted by molar-refractivity contribution is 6.40. The minimum absolute atomic E-state index is 0.0416. The number of rotatable bonds is 11. The zero-order chi connectivity index (χ0) is 31.9. The number of ether oxygens (including phenoxy) is 2. The summed E-state index contributed by atoms with van der Waals surface area (Å²) in [4.78, 5) is 41.4. The lowest BCUT2D eigenvalue weighted by atomic mass is 9.90. The van der Waals surface area contributed by atoms with Crippen LogP contribution >= 0.6 is 23.2 Å². The molecule has 0 aliphatic rings. The fourth-order valence-corrected chi connectivity index (χ4v) is 5.21. The van der Waals surface area contributed by atoms with E-state index >= 15 is 0 Å². The number of carbonyl (C=O) groups excluding carboxylic acids is 3. The number of nitrogens with one attached hydrogen (secondary N) is 1. The smallest absolute Gasteiger partial charge is 0.313 e. The summed E-state index contributed by atoms with van der Waals surface area (Å²) >= 11 is 12.4. The summed E-state index contributed by atoms with van der Waals surface area (Å²) in [6.45, 7) is 12.2. The number of methoxy groups -OCH3 is 1. The Kier molecular flexibility index (Phi) is 11.7. The van der Waals surface area contributed by atoms with Crippen LogP contribution in [0.25, 0.3) is 0 Å². The van der Waals surface area contributed by atoms with Gasteiger partial charge in [-0.05, 0) is 66.8 Å². The fourth-order valence-electron chi connectivity index (χ4n) is 4.64. The minimum Gasteiger partial charge on any atom is -0.495 e. The standard InChI is InChI=1S/C34H40Cl2N2O5/c1-8-43-32(40)25(18-22-12-15-24(16-13-22)37-31(39)30-26(35)10-9-11-27(30)36)23-14-17-29(42-7)28(19-23)38(20-21(2)3)33(41)34(4,5)6/h9-17,19,21,25H,8,18,20H2,1-7H3,(H,37,39). The number of nitrogens with zero attached hydrogens (tertiary/aromatic N) is 1. The second-order valence-corrected chi connectivity index (χ2v) is 12.6. The number of hydrogen-bond donors (Lipinski definition) is 1. The predicted octanol–water partition coefficient (Wildman–Crippen LogP) is 8.18. The molecule has 7 nitrogen and oxygen atoms in total. The largest absolute Gasteiger partial charge is 0.495 e. The Bertz CT molecular complexity index is 1430. The van der Waals surface area contributed by atoms with Gasteiger partial charge in [0.2, 0.25) is 5.91 Å². The normalized spacial score (nSPS) is 12.0. The zero-order valence-electron chi connectivity index (χ0n) is 25.8. The lowest BCUT2D eigenvalue weighted by Crippen LogP contribution is -2.42. The maximum Gasteiger partial charge on any atom is 0.313 e. The lowest BCUT2D eigenvalue weighted by Gasteiger charge is -2.32. The number of esters is 1. The van der Waals surface area contributed by atoms with Gasteiger partial charge in [0.05, 0.1) is 40.9 Å². The fraction of sp³-hybridized carbons (Fsp3) is 0.382. The number of benzene rings is 3. The van der Waals surface area contributed by atoms with Gasteiger partial charge in [0, 0.05) is 17.6 Å². The van der Waals surface area contributed by atoms with Gasteiger partial charge in [-0.25, -0.2) is 0 Å². The van der Waals surface area contributed by atoms with E-state index in [0.717, 1.165) is 5.56 Å². The first-order valence-corrected chi connectivity index (χ1v) is 15.0. The van der Waals surface area contributed by atoms with Gasteiger partial charge in [-0.15, -0.1) is 0 Å². The van der Waals surface area contributed by atoms with Crippen LogP contribution in [0.3, 0.4) is 0 Å². The van der Waals surface area contributed by atoms with E-state index in [1.807, 2.05) is 45.0 Å². The Labute approximate surface area is 264 Å². The number of anilines is 2. The molecular formula is C34H40Cl2N2O5. The zero-order valence-corrected chi connectivity index (χ0v) is 27.3. The highest BCUT2D eigenvalue weighted by atomic mass is 35.5. The van der Waals surface area contributed by atoms with E-state index in [1.54, 1.807) is 55.3 Å². The molecule has 0 aliphatic carbocycles. The molecule has 3 rings (SSSR count). The van der Waals surface area contributed by atoms with Crippen molar-refractivity contribution in [3.05, 3.63) is 87.4 Å². The summed E-state index contributed by atoms with van der Waals surface area (Å²) in [5.74, 6) is -0.731. The summed E-state index contributed by atoms with van der Waals surface area (Å²) in [6.07, 6.45) is 0.340. The van der Waals surface area contributed by atoms with Crippen LogP contribution in [0.5, 0.6) is 5.75 Å². The number of halogens is 2. The van der Waals surface area contributed by atoms with Crippen molar-refractivity contribution in [2.45, 2.75) is 53.9 Å². The molecule has 0 heterocycles. The molecule has 0 saturated heterocycles. The first-order valence-electron chi connectivity index (χ1n) is 14.3. The van der Waals surface area contributed by atoms with E-state index in [2.05, 4.69) is 19.2 Å². The predicted molar refractivity (Wildman–Crippen MR) is 174 cm³/mol. The van der Waals surface area contributed by atoms with E-state index in [9.17, 15) is 14.4 Å². The summed E-state index contributed by atoms with van der Waals surface area (Å²) in [7, 11) is 1.57. The van der Waals surface area contributed by atoms with Crippen molar-refractivity contribution in [3.8, 4) is 5.75 Å². The van der Waals surface area contributed by atoms with E-state index in [4.69, 9.17) is 32.7 Å². The van der Waals surface area contributed by atoms with Crippen LogP contribution in [-0.4, -0.2) is 38.0 Å². The maximum absolute atomic E-state index is 13.5. The van der Waals surface area contributed by atoms with Gasteiger partial charge in [0.25, 0.3) is 5.91 Å². The molecule has 2 amide bonds. The third-order valence-electron chi connectivity index (χ3n) is 6.74. The Hall–Kier alpha value is -3.55. The average Bonchev–Trinajstić information content (AvgIpc) is 2.94. The van der Waals surface area contributed by atoms with Crippen LogP contribution in [0, 0.1) is 11.3 Å². The van der Waals surface area contributed by atoms with Crippen molar-refractivity contribution >= 4 is 52.4 Å². The number of hydrogen-bond acceptors (Lipinski definition) is 5. The molecule has 3 aromatic rings. The van der Waals surface area contributed by atoms with Crippen molar-refractivity contribution in [1.82, 2.24) is 0 Å². The topological polar surface area (TPSA) is 84.9 Å². The first-order chi connectivity index (χ1) is 20.3. The quantitative estimate of drug-likeness (QED) is 0.217. The maximum atomic E-state index is 13.5. The van der Waals surface area contributed by atoms with Crippen molar-refractivity contribution in [1.29, 1.82) is 0 Å². The van der Waals surface area contributed by atoms with Crippen molar-refractivity contribution in [2.75, 3.05) is 30.5 Å². The van der Waals surface area contributed by atoms with Crippen LogP contribution < -0.4 is 15.0 Å². The number of amides is 2. The molecule has 1 N–H and O–H groups in total.